The Morgan fingerprint density at radius 3 is 2.57 bits per heavy atom. The number of hydrogen-bond donors (Lipinski definition) is 1. The van der Waals surface area contributed by atoms with E-state index in [0.29, 0.717) is 0 Å². The summed E-state index contributed by atoms with van der Waals surface area (Å²) in [6.07, 6.45) is 4.80. The summed E-state index contributed by atoms with van der Waals surface area (Å²) in [4.78, 5) is 0. The van der Waals surface area contributed by atoms with Crippen LogP contribution in [-0.4, -0.2) is 6.21 Å². The molecule has 0 spiro atoms. The van der Waals surface area contributed by atoms with E-state index < -0.39 is 0 Å². The molecule has 0 amide bonds. The molecule has 0 atom stereocenters. The number of fused-ring (bicyclic) bond motifs is 3. The van der Waals surface area contributed by atoms with E-state index in [0.717, 1.165) is 0 Å². The predicted molar refractivity (Wildman–Crippen MR) is 86.2 cm³/mol. The molecule has 1 aromatic rings. The summed E-state index contributed by atoms with van der Waals surface area (Å²) < 4.78 is 0. The Hall–Kier alpha value is -3.01. The molecule has 1 aliphatic heterocycles. The van der Waals surface area contributed by atoms with Crippen molar-refractivity contribution in [3.8, 4) is 11.1 Å². The van der Waals surface area contributed by atoms with Crippen LogP contribution >= 0.6 is 0 Å². The normalized spacial score (nSPS) is 12.6. The highest BCUT2D eigenvalue weighted by Gasteiger charge is 2.03. The lowest BCUT2D eigenvalue weighted by atomic mass is 10.1. The molecule has 4 nitrogen and oxygen atoms in total. The van der Waals surface area contributed by atoms with E-state index in [1.165, 1.54) is 21.9 Å². The molecule has 0 aromatic heterocycles. The first-order valence-corrected chi connectivity index (χ1v) is 6.65. The summed E-state index contributed by atoms with van der Waals surface area (Å²) in [5, 5.41) is 13.0. The number of rotatable bonds is 0. The molecular formula is C17H14N4. The van der Waals surface area contributed by atoms with Crippen LogP contribution in [0.4, 0.5) is 0 Å². The third kappa shape index (κ3) is 3.12. The lowest BCUT2D eigenvalue weighted by Crippen LogP contribution is -1.88. The van der Waals surface area contributed by atoms with Crippen LogP contribution in [-0.2, 0) is 0 Å². The van der Waals surface area contributed by atoms with Crippen LogP contribution in [0.5, 0.6) is 0 Å². The Morgan fingerprint density at radius 2 is 1.62 bits per heavy atom. The van der Waals surface area contributed by atoms with E-state index >= 15 is 0 Å². The Bertz CT molecular complexity index is 776. The predicted octanol–water partition coefficient (Wildman–Crippen LogP) is 4.40. The third-order valence-electron chi connectivity index (χ3n) is 3.13. The highest BCUT2D eigenvalue weighted by molar-refractivity contribution is 5.96. The van der Waals surface area contributed by atoms with Gasteiger partial charge >= 0.3 is 0 Å². The van der Waals surface area contributed by atoms with Gasteiger partial charge in [0.15, 0.2) is 0 Å². The first kappa shape index (κ1) is 13.0. The van der Waals surface area contributed by atoms with Gasteiger partial charge in [-0.3, -0.25) is 0 Å². The fourth-order valence-electron chi connectivity index (χ4n) is 2.21. The highest BCUT2D eigenvalue weighted by Crippen LogP contribution is 2.29. The zero-order valence-electron chi connectivity index (χ0n) is 11.3. The van der Waals surface area contributed by atoms with Crippen molar-refractivity contribution < 1.29 is 0 Å². The van der Waals surface area contributed by atoms with E-state index in [1.54, 1.807) is 18.5 Å². The van der Waals surface area contributed by atoms with Crippen molar-refractivity contribution in [2.45, 2.75) is 0 Å². The standard InChI is InChI=1S/C14H10.C3H4N4/c1-2-9-13-11(5-1)6-3-7-12-8-4-10-14(12)13;1-2-4-6-7-5-3-1/h1-10H;1-3H,(H,4,7). The molecule has 0 fully saturated rings. The largest absolute Gasteiger partial charge is 0.179 e. The maximum Gasteiger partial charge on any atom is 0.0529 e. The number of hydrogen-bond acceptors (Lipinski definition) is 4. The Balaban J connectivity index is 0.000000160. The fraction of sp³-hybridized carbons (Fsp3) is 0. The molecule has 0 saturated heterocycles. The second-order valence-electron chi connectivity index (χ2n) is 4.44. The SMILES string of the molecule is C1=CN=NNN=C1.c1cc2cccc3ccccc3c-2c1. The van der Waals surface area contributed by atoms with Gasteiger partial charge in [-0.25, -0.2) is 0 Å². The number of hydrazone groups is 1. The third-order valence-corrected chi connectivity index (χ3v) is 3.13. The number of nitrogens with one attached hydrogen (secondary N) is 1. The molecule has 4 rings (SSSR count). The minimum Gasteiger partial charge on any atom is -0.179 e. The summed E-state index contributed by atoms with van der Waals surface area (Å²) in [6.45, 7) is 0. The number of benzene rings is 1. The van der Waals surface area contributed by atoms with Gasteiger partial charge in [0.2, 0.25) is 0 Å². The molecule has 1 heterocycles. The zero-order valence-corrected chi connectivity index (χ0v) is 11.3. The van der Waals surface area contributed by atoms with Crippen LogP contribution in [0.15, 0.2) is 88.4 Å². The molecule has 2 aliphatic carbocycles. The van der Waals surface area contributed by atoms with Crippen LogP contribution < -0.4 is 5.53 Å². The van der Waals surface area contributed by atoms with Crippen molar-refractivity contribution >= 4 is 17.0 Å². The minimum absolute atomic E-state index is 1.30. The Kier molecular flexibility index (Phi) is 3.98. The van der Waals surface area contributed by atoms with Crippen molar-refractivity contribution in [1.82, 2.24) is 5.53 Å². The first-order chi connectivity index (χ1) is 10.4. The molecule has 4 heteroatoms. The van der Waals surface area contributed by atoms with Crippen LogP contribution in [0, 0.1) is 0 Å². The molecule has 1 N–H and O–H groups in total. The molecule has 1 aromatic carbocycles. The molecule has 3 aliphatic rings. The average molecular weight is 274 g/mol. The van der Waals surface area contributed by atoms with Gasteiger partial charge in [-0.15, -0.1) is 5.11 Å². The molecule has 0 radical (unpaired) electrons. The van der Waals surface area contributed by atoms with Crippen LogP contribution in [0.2, 0.25) is 0 Å². The number of allylic oxidation sites excluding steroid dienone is 1. The van der Waals surface area contributed by atoms with Crippen LogP contribution in [0.25, 0.3) is 21.9 Å². The maximum absolute atomic E-state index is 3.55. The Labute approximate surface area is 122 Å². The maximum atomic E-state index is 3.55. The molecule has 0 bridgehead atoms. The molecule has 102 valence electrons. The van der Waals surface area contributed by atoms with Gasteiger partial charge in [-0.05, 0) is 28.0 Å². The molecule has 21 heavy (non-hydrogen) atoms. The smallest absolute Gasteiger partial charge is 0.0529 e. The monoisotopic (exact) mass is 274 g/mol. The number of nitrogens with zero attached hydrogens (tertiary/aromatic N) is 3. The van der Waals surface area contributed by atoms with Gasteiger partial charge in [0, 0.05) is 0 Å². The van der Waals surface area contributed by atoms with Crippen LogP contribution in [0.1, 0.15) is 0 Å². The topological polar surface area (TPSA) is 49.1 Å². The summed E-state index contributed by atoms with van der Waals surface area (Å²) in [7, 11) is 0. The average Bonchev–Trinajstić information content (AvgIpc) is 2.74. The second kappa shape index (κ2) is 6.43. The van der Waals surface area contributed by atoms with Crippen LogP contribution in [0.3, 0.4) is 0 Å². The van der Waals surface area contributed by atoms with Gasteiger partial charge in [0.05, 0.1) is 12.4 Å². The minimum atomic E-state index is 1.30. The van der Waals surface area contributed by atoms with Gasteiger partial charge in [-0.1, -0.05) is 65.9 Å². The van der Waals surface area contributed by atoms with Crippen molar-refractivity contribution in [3.63, 3.8) is 0 Å². The molecule has 0 saturated carbocycles. The van der Waals surface area contributed by atoms with Gasteiger partial charge in [-0.2, -0.15) is 10.6 Å². The van der Waals surface area contributed by atoms with Gasteiger partial charge in [0.1, 0.15) is 0 Å². The quantitative estimate of drug-likeness (QED) is 0.649. The van der Waals surface area contributed by atoms with E-state index in [9.17, 15) is 0 Å². The van der Waals surface area contributed by atoms with Crippen molar-refractivity contribution in [2.24, 2.45) is 15.4 Å². The van der Waals surface area contributed by atoms with E-state index in [2.05, 4.69) is 81.6 Å². The first-order valence-electron chi connectivity index (χ1n) is 6.65. The van der Waals surface area contributed by atoms with Gasteiger partial charge < -0.3 is 0 Å². The summed E-state index contributed by atoms with van der Waals surface area (Å²) in [5.74, 6) is 0. The highest BCUT2D eigenvalue weighted by atomic mass is 15.6. The lowest BCUT2D eigenvalue weighted by Gasteiger charge is -1.96. The van der Waals surface area contributed by atoms with Crippen molar-refractivity contribution in [1.29, 1.82) is 0 Å². The summed E-state index contributed by atoms with van der Waals surface area (Å²) in [5.41, 5.74) is 4.96. The molecular weight excluding hydrogens is 260 g/mol. The van der Waals surface area contributed by atoms with Gasteiger partial charge in [0.25, 0.3) is 0 Å². The van der Waals surface area contributed by atoms with Crippen molar-refractivity contribution in [2.75, 3.05) is 0 Å². The fourth-order valence-corrected chi connectivity index (χ4v) is 2.21. The van der Waals surface area contributed by atoms with E-state index in [4.69, 9.17) is 0 Å². The second-order valence-corrected chi connectivity index (χ2v) is 4.44. The van der Waals surface area contributed by atoms with E-state index in [-0.39, 0.29) is 0 Å². The summed E-state index contributed by atoms with van der Waals surface area (Å²) >= 11 is 0. The lowest BCUT2D eigenvalue weighted by molar-refractivity contribution is 0.756. The van der Waals surface area contributed by atoms with Crippen molar-refractivity contribution in [3.05, 3.63) is 72.9 Å². The van der Waals surface area contributed by atoms with E-state index in [1.807, 2.05) is 0 Å². The molecule has 0 unspecified atom stereocenters. The zero-order chi connectivity index (χ0) is 14.3. The Morgan fingerprint density at radius 1 is 0.810 bits per heavy atom. The summed E-state index contributed by atoms with van der Waals surface area (Å²) in [6, 6.07) is 21.4.